The van der Waals surface area contributed by atoms with Crippen LogP contribution in [0.5, 0.6) is 0 Å². The number of hydrogen-bond donors (Lipinski definition) is 0. The molecule has 0 bridgehead atoms. The molecule has 1 heterocycles. The number of allylic oxidation sites excluding steroid dienone is 1. The van der Waals surface area contributed by atoms with Crippen molar-refractivity contribution in [3.63, 3.8) is 0 Å². The molecular formula is C24H34Si. The summed E-state index contributed by atoms with van der Waals surface area (Å²) in [5, 5.41) is 4.77. The molecule has 0 saturated carbocycles. The summed E-state index contributed by atoms with van der Waals surface area (Å²) in [4.78, 5) is 0. The lowest BCUT2D eigenvalue weighted by Gasteiger charge is -2.50. The van der Waals surface area contributed by atoms with Gasteiger partial charge >= 0.3 is 0 Å². The SMILES string of the molecule is C=CC(C)(C)[Si]1(c2cccc3ccccc23)CCC(C(C)(C)C)CC1. The molecule has 0 amide bonds. The molecule has 1 saturated heterocycles. The van der Waals surface area contributed by atoms with Crippen molar-refractivity contribution in [2.75, 3.05) is 0 Å². The van der Waals surface area contributed by atoms with Crippen molar-refractivity contribution in [3.8, 4) is 0 Å². The zero-order valence-corrected chi connectivity index (χ0v) is 17.7. The summed E-state index contributed by atoms with van der Waals surface area (Å²) >= 11 is 0. The molecule has 0 aliphatic carbocycles. The molecule has 134 valence electrons. The Kier molecular flexibility index (Phi) is 4.74. The van der Waals surface area contributed by atoms with Gasteiger partial charge in [-0.2, -0.15) is 0 Å². The Balaban J connectivity index is 2.13. The van der Waals surface area contributed by atoms with Gasteiger partial charge in [-0.25, -0.2) is 0 Å². The minimum absolute atomic E-state index is 0.222. The maximum atomic E-state index is 4.26. The Morgan fingerprint density at radius 2 is 1.52 bits per heavy atom. The minimum Gasteiger partial charge on any atom is -0.103 e. The second kappa shape index (κ2) is 6.43. The van der Waals surface area contributed by atoms with E-state index in [1.54, 1.807) is 5.19 Å². The van der Waals surface area contributed by atoms with Crippen LogP contribution in [-0.2, 0) is 0 Å². The van der Waals surface area contributed by atoms with Crippen molar-refractivity contribution >= 4 is 24.0 Å². The van der Waals surface area contributed by atoms with Gasteiger partial charge in [0, 0.05) is 0 Å². The number of rotatable bonds is 3. The number of benzene rings is 2. The smallest absolute Gasteiger partial charge is 0.0967 e. The average molecular weight is 351 g/mol. The van der Waals surface area contributed by atoms with Gasteiger partial charge in [0.05, 0.1) is 8.07 Å². The highest BCUT2D eigenvalue weighted by atomic mass is 28.3. The molecule has 1 aliphatic heterocycles. The van der Waals surface area contributed by atoms with Gasteiger partial charge in [0.1, 0.15) is 0 Å². The summed E-state index contributed by atoms with van der Waals surface area (Å²) in [6.45, 7) is 16.4. The topological polar surface area (TPSA) is 0 Å². The molecule has 2 aromatic carbocycles. The van der Waals surface area contributed by atoms with Crippen molar-refractivity contribution < 1.29 is 0 Å². The van der Waals surface area contributed by atoms with Crippen LogP contribution in [0.25, 0.3) is 10.8 Å². The first kappa shape index (κ1) is 18.4. The average Bonchev–Trinajstić information content (AvgIpc) is 2.60. The van der Waals surface area contributed by atoms with Gasteiger partial charge in [0.15, 0.2) is 0 Å². The second-order valence-corrected chi connectivity index (χ2v) is 14.7. The maximum Gasteiger partial charge on any atom is 0.0967 e. The summed E-state index contributed by atoms with van der Waals surface area (Å²) < 4.78 is 0. The first-order valence-electron chi connectivity index (χ1n) is 9.83. The quantitative estimate of drug-likeness (QED) is 0.416. The number of fused-ring (bicyclic) bond motifs is 1. The largest absolute Gasteiger partial charge is 0.103 e. The number of hydrogen-bond acceptors (Lipinski definition) is 0. The molecule has 1 heteroatoms. The van der Waals surface area contributed by atoms with Crippen molar-refractivity contribution in [2.45, 2.75) is 64.6 Å². The summed E-state index contributed by atoms with van der Waals surface area (Å²) in [6, 6.07) is 18.7. The van der Waals surface area contributed by atoms with E-state index in [0.717, 1.165) is 5.92 Å². The molecule has 0 atom stereocenters. The third kappa shape index (κ3) is 3.12. The fraction of sp³-hybridized carbons (Fsp3) is 0.500. The molecule has 1 aliphatic rings. The summed E-state index contributed by atoms with van der Waals surface area (Å²) in [7, 11) is -1.69. The first-order chi connectivity index (χ1) is 11.7. The predicted molar refractivity (Wildman–Crippen MR) is 115 cm³/mol. The normalized spacial score (nSPS) is 25.1. The van der Waals surface area contributed by atoms with E-state index in [-0.39, 0.29) is 5.04 Å². The van der Waals surface area contributed by atoms with Crippen LogP contribution in [0.2, 0.25) is 17.1 Å². The molecule has 0 N–H and O–H groups in total. The summed E-state index contributed by atoms with van der Waals surface area (Å²) in [6.07, 6.45) is 5.00. The van der Waals surface area contributed by atoms with Gasteiger partial charge in [0.2, 0.25) is 0 Å². The molecule has 0 spiro atoms. The molecule has 3 rings (SSSR count). The van der Waals surface area contributed by atoms with Crippen LogP contribution in [0.3, 0.4) is 0 Å². The minimum atomic E-state index is -1.69. The highest BCUT2D eigenvalue weighted by Crippen LogP contribution is 2.51. The van der Waals surface area contributed by atoms with Gasteiger partial charge in [-0.3, -0.25) is 0 Å². The third-order valence-electron chi connectivity index (χ3n) is 7.11. The van der Waals surface area contributed by atoms with E-state index in [9.17, 15) is 0 Å². The Hall–Kier alpha value is -1.34. The van der Waals surface area contributed by atoms with E-state index in [1.165, 1.54) is 35.7 Å². The van der Waals surface area contributed by atoms with E-state index in [4.69, 9.17) is 0 Å². The highest BCUT2D eigenvalue weighted by Gasteiger charge is 2.50. The molecule has 0 nitrogen and oxygen atoms in total. The van der Waals surface area contributed by atoms with Crippen LogP contribution in [0, 0.1) is 11.3 Å². The van der Waals surface area contributed by atoms with Gasteiger partial charge in [-0.05, 0) is 27.1 Å². The summed E-state index contributed by atoms with van der Waals surface area (Å²) in [5.41, 5.74) is 0.428. The van der Waals surface area contributed by atoms with E-state index in [0.29, 0.717) is 5.41 Å². The van der Waals surface area contributed by atoms with Gasteiger partial charge in [-0.15, -0.1) is 6.58 Å². The van der Waals surface area contributed by atoms with E-state index < -0.39 is 8.07 Å². The maximum absolute atomic E-state index is 4.26. The lowest BCUT2D eigenvalue weighted by atomic mass is 9.77. The lowest BCUT2D eigenvalue weighted by Crippen LogP contribution is -2.58. The van der Waals surface area contributed by atoms with Crippen molar-refractivity contribution in [2.24, 2.45) is 11.3 Å². The zero-order chi connectivity index (χ0) is 18.3. The van der Waals surface area contributed by atoms with Crippen LogP contribution in [0.4, 0.5) is 0 Å². The Morgan fingerprint density at radius 3 is 2.12 bits per heavy atom. The van der Waals surface area contributed by atoms with E-state index >= 15 is 0 Å². The van der Waals surface area contributed by atoms with Crippen LogP contribution >= 0.6 is 0 Å². The molecule has 0 aromatic heterocycles. The fourth-order valence-corrected chi connectivity index (χ4v) is 11.1. The molecule has 0 unspecified atom stereocenters. The van der Waals surface area contributed by atoms with Crippen molar-refractivity contribution in [3.05, 3.63) is 55.1 Å². The molecular weight excluding hydrogens is 316 g/mol. The van der Waals surface area contributed by atoms with Crippen LogP contribution in [0.1, 0.15) is 47.5 Å². The molecule has 25 heavy (non-hydrogen) atoms. The standard InChI is InChI=1S/C24H34Si/c1-7-24(5,6)25(17-15-20(16-18-25)23(2,3)4)22-14-10-12-19-11-8-9-13-21(19)22/h7-14,20H,1,15-18H2,2-6H3. The van der Waals surface area contributed by atoms with Gasteiger partial charge < -0.3 is 0 Å². The van der Waals surface area contributed by atoms with E-state index in [1.807, 2.05) is 0 Å². The molecule has 1 fully saturated rings. The van der Waals surface area contributed by atoms with Crippen LogP contribution < -0.4 is 5.19 Å². The fourth-order valence-electron chi connectivity index (χ4n) is 5.08. The Labute approximate surface area is 155 Å². The Bertz CT molecular complexity index is 750. The molecule has 0 radical (unpaired) electrons. The first-order valence-corrected chi connectivity index (χ1v) is 12.2. The third-order valence-corrected chi connectivity index (χ3v) is 13.5. The molecule has 2 aromatic rings. The van der Waals surface area contributed by atoms with Crippen LogP contribution in [-0.4, -0.2) is 8.07 Å². The van der Waals surface area contributed by atoms with Crippen molar-refractivity contribution in [1.82, 2.24) is 0 Å². The predicted octanol–water partition coefficient (Wildman–Crippen LogP) is 6.92. The van der Waals surface area contributed by atoms with Crippen molar-refractivity contribution in [1.29, 1.82) is 0 Å². The van der Waals surface area contributed by atoms with Gasteiger partial charge in [-0.1, -0.05) is 113 Å². The Morgan fingerprint density at radius 1 is 0.920 bits per heavy atom. The monoisotopic (exact) mass is 350 g/mol. The highest BCUT2D eigenvalue weighted by molar-refractivity contribution is 6.96. The zero-order valence-electron chi connectivity index (χ0n) is 16.7. The second-order valence-electron chi connectivity index (χ2n) is 9.67. The lowest BCUT2D eigenvalue weighted by molar-refractivity contribution is 0.217. The van der Waals surface area contributed by atoms with Crippen LogP contribution in [0.15, 0.2) is 55.1 Å². The van der Waals surface area contributed by atoms with E-state index in [2.05, 4.69) is 89.7 Å². The van der Waals surface area contributed by atoms with Gasteiger partial charge in [0.25, 0.3) is 0 Å². The summed E-state index contributed by atoms with van der Waals surface area (Å²) in [5.74, 6) is 0.851.